The topological polar surface area (TPSA) is 77.2 Å². The van der Waals surface area contributed by atoms with Crippen LogP contribution in [0.4, 0.5) is 5.69 Å². The van der Waals surface area contributed by atoms with Crippen molar-refractivity contribution in [3.63, 3.8) is 0 Å². The summed E-state index contributed by atoms with van der Waals surface area (Å²) in [6.45, 7) is 0.380. The van der Waals surface area contributed by atoms with E-state index in [0.29, 0.717) is 23.1 Å². The van der Waals surface area contributed by atoms with E-state index in [4.69, 9.17) is 22.1 Å². The second kappa shape index (κ2) is 8.53. The highest BCUT2D eigenvalue weighted by molar-refractivity contribution is 6.32. The number of hydrogen-bond donors (Lipinski definition) is 2. The number of carbonyl (C=O) groups is 1. The Bertz CT molecular complexity index is 694. The summed E-state index contributed by atoms with van der Waals surface area (Å²) in [5, 5.41) is 3.21. The zero-order chi connectivity index (χ0) is 15.6. The van der Waals surface area contributed by atoms with Crippen molar-refractivity contribution in [3.05, 3.63) is 53.3 Å². The van der Waals surface area contributed by atoms with E-state index < -0.39 is 5.54 Å². The first-order valence-electron chi connectivity index (χ1n) is 6.98. The van der Waals surface area contributed by atoms with Crippen LogP contribution in [-0.4, -0.2) is 16.4 Å². The molecule has 1 aromatic carbocycles. The number of nitrogens with two attached hydrogens (primary N) is 1. The molecule has 0 atom stereocenters. The Labute approximate surface area is 157 Å². The number of ether oxygens (including phenoxy) is 1. The summed E-state index contributed by atoms with van der Waals surface area (Å²) in [4.78, 5) is 15.9. The second-order valence-corrected chi connectivity index (χ2v) is 5.81. The molecule has 0 radical (unpaired) electrons. The highest BCUT2D eigenvalue weighted by Gasteiger charge is 2.45. The van der Waals surface area contributed by atoms with Gasteiger partial charge in [0.05, 0.1) is 10.6 Å². The zero-order valence-electron chi connectivity index (χ0n) is 12.7. The van der Waals surface area contributed by atoms with Gasteiger partial charge in [-0.15, -0.1) is 24.8 Å². The lowest BCUT2D eigenvalue weighted by Gasteiger charge is -2.12. The smallest absolute Gasteiger partial charge is 0.244 e. The number of carbonyl (C=O) groups excluding carboxylic acids is 1. The van der Waals surface area contributed by atoms with Gasteiger partial charge in [-0.05, 0) is 37.1 Å². The quantitative estimate of drug-likeness (QED) is 0.818. The van der Waals surface area contributed by atoms with Crippen molar-refractivity contribution in [1.29, 1.82) is 0 Å². The van der Waals surface area contributed by atoms with Crippen molar-refractivity contribution in [2.75, 3.05) is 5.32 Å². The molecule has 24 heavy (non-hydrogen) atoms. The molecule has 1 fully saturated rings. The summed E-state index contributed by atoms with van der Waals surface area (Å²) < 4.78 is 5.65. The minimum atomic E-state index is -0.706. The van der Waals surface area contributed by atoms with Gasteiger partial charge in [0.15, 0.2) is 0 Å². The third kappa shape index (κ3) is 4.98. The SMILES string of the molecule is Cl.Cl.NC1(C(=O)Nc2ccc(OCc3cccnc3)c(Cl)c2)CC1. The average molecular weight is 391 g/mol. The Morgan fingerprint density at radius 3 is 2.67 bits per heavy atom. The maximum atomic E-state index is 11.9. The van der Waals surface area contributed by atoms with Crippen LogP contribution >= 0.6 is 36.4 Å². The monoisotopic (exact) mass is 389 g/mol. The molecule has 3 N–H and O–H groups in total. The number of hydrogen-bond acceptors (Lipinski definition) is 4. The molecule has 1 aliphatic carbocycles. The van der Waals surface area contributed by atoms with E-state index >= 15 is 0 Å². The molecule has 0 spiro atoms. The van der Waals surface area contributed by atoms with Crippen LogP contribution in [0.3, 0.4) is 0 Å². The van der Waals surface area contributed by atoms with Crippen LogP contribution in [0.5, 0.6) is 5.75 Å². The molecule has 1 heterocycles. The number of nitrogens with zero attached hydrogens (tertiary/aromatic N) is 1. The van der Waals surface area contributed by atoms with Crippen LogP contribution in [-0.2, 0) is 11.4 Å². The molecule has 5 nitrogen and oxygen atoms in total. The molecular formula is C16H18Cl3N3O2. The van der Waals surface area contributed by atoms with E-state index in [-0.39, 0.29) is 30.7 Å². The molecule has 3 rings (SSSR count). The summed E-state index contributed by atoms with van der Waals surface area (Å²) in [5.74, 6) is 0.380. The van der Waals surface area contributed by atoms with E-state index in [1.807, 2.05) is 12.1 Å². The third-order valence-electron chi connectivity index (χ3n) is 3.55. The Morgan fingerprint density at radius 2 is 2.08 bits per heavy atom. The summed E-state index contributed by atoms with van der Waals surface area (Å²) in [7, 11) is 0. The third-order valence-corrected chi connectivity index (χ3v) is 3.84. The predicted octanol–water partition coefficient (Wildman–Crippen LogP) is 3.59. The van der Waals surface area contributed by atoms with Crippen molar-refractivity contribution in [2.45, 2.75) is 25.0 Å². The first kappa shape index (κ1) is 20.5. The van der Waals surface area contributed by atoms with Crippen molar-refractivity contribution >= 4 is 48.0 Å². The van der Waals surface area contributed by atoms with Crippen LogP contribution in [0.25, 0.3) is 0 Å². The standard InChI is InChI=1S/C16H16ClN3O2.2ClH/c17-13-8-12(20-15(21)16(18)5-6-16)3-4-14(13)22-10-11-2-1-7-19-9-11;;/h1-4,7-9H,5-6,10,18H2,(H,20,21);2*1H. The summed E-state index contributed by atoms with van der Waals surface area (Å²) >= 11 is 6.19. The summed E-state index contributed by atoms with van der Waals surface area (Å²) in [5.41, 5.74) is 6.70. The fraction of sp³-hybridized carbons (Fsp3) is 0.250. The Morgan fingerprint density at radius 1 is 1.33 bits per heavy atom. The van der Waals surface area contributed by atoms with Gasteiger partial charge in [-0.1, -0.05) is 17.7 Å². The van der Waals surface area contributed by atoms with Gasteiger partial charge in [-0.3, -0.25) is 9.78 Å². The number of pyridine rings is 1. The highest BCUT2D eigenvalue weighted by Crippen LogP contribution is 2.34. The predicted molar refractivity (Wildman–Crippen MR) is 99.3 cm³/mol. The minimum absolute atomic E-state index is 0. The maximum Gasteiger partial charge on any atom is 0.244 e. The zero-order valence-corrected chi connectivity index (χ0v) is 15.1. The van der Waals surface area contributed by atoms with Crippen LogP contribution in [0, 0.1) is 0 Å². The van der Waals surface area contributed by atoms with E-state index in [2.05, 4.69) is 10.3 Å². The lowest BCUT2D eigenvalue weighted by molar-refractivity contribution is -0.118. The van der Waals surface area contributed by atoms with Gasteiger partial charge < -0.3 is 15.8 Å². The highest BCUT2D eigenvalue weighted by atomic mass is 35.5. The molecule has 1 amide bonds. The fourth-order valence-electron chi connectivity index (χ4n) is 1.96. The first-order valence-corrected chi connectivity index (χ1v) is 7.36. The second-order valence-electron chi connectivity index (χ2n) is 5.41. The van der Waals surface area contributed by atoms with E-state index in [1.165, 1.54) is 0 Å². The lowest BCUT2D eigenvalue weighted by atomic mass is 10.2. The largest absolute Gasteiger partial charge is 0.487 e. The van der Waals surface area contributed by atoms with Crippen molar-refractivity contribution in [3.8, 4) is 5.75 Å². The molecule has 0 unspecified atom stereocenters. The summed E-state index contributed by atoms with van der Waals surface area (Å²) in [6, 6.07) is 8.90. The van der Waals surface area contributed by atoms with Gasteiger partial charge in [0.1, 0.15) is 12.4 Å². The normalized spacial score (nSPS) is 13.9. The molecule has 0 saturated heterocycles. The number of benzene rings is 1. The average Bonchev–Trinajstić information content (AvgIpc) is 3.27. The molecule has 0 bridgehead atoms. The summed E-state index contributed by atoms with van der Waals surface area (Å²) in [6.07, 6.45) is 4.88. The minimum Gasteiger partial charge on any atom is -0.487 e. The van der Waals surface area contributed by atoms with Gasteiger partial charge in [0.25, 0.3) is 0 Å². The van der Waals surface area contributed by atoms with Crippen LogP contribution in [0.2, 0.25) is 5.02 Å². The van der Waals surface area contributed by atoms with Crippen molar-refractivity contribution < 1.29 is 9.53 Å². The number of amides is 1. The van der Waals surface area contributed by atoms with Crippen molar-refractivity contribution in [1.82, 2.24) is 4.98 Å². The number of nitrogens with one attached hydrogen (secondary N) is 1. The first-order chi connectivity index (χ1) is 10.6. The molecule has 1 aliphatic rings. The molecule has 0 aliphatic heterocycles. The van der Waals surface area contributed by atoms with E-state index in [0.717, 1.165) is 18.4 Å². The van der Waals surface area contributed by atoms with Gasteiger partial charge in [0.2, 0.25) is 5.91 Å². The number of anilines is 1. The Hall–Kier alpha value is -1.53. The Balaban J connectivity index is 0.00000144. The number of halogens is 3. The van der Waals surface area contributed by atoms with E-state index in [9.17, 15) is 4.79 Å². The van der Waals surface area contributed by atoms with Crippen LogP contribution in [0.1, 0.15) is 18.4 Å². The van der Waals surface area contributed by atoms with Gasteiger partial charge in [0, 0.05) is 23.6 Å². The van der Waals surface area contributed by atoms with Gasteiger partial charge in [-0.2, -0.15) is 0 Å². The molecule has 8 heteroatoms. The van der Waals surface area contributed by atoms with Crippen LogP contribution in [0.15, 0.2) is 42.7 Å². The molecule has 1 saturated carbocycles. The number of rotatable bonds is 5. The maximum absolute atomic E-state index is 11.9. The molecule has 130 valence electrons. The van der Waals surface area contributed by atoms with Gasteiger partial charge >= 0.3 is 0 Å². The van der Waals surface area contributed by atoms with Gasteiger partial charge in [-0.25, -0.2) is 0 Å². The fourth-order valence-corrected chi connectivity index (χ4v) is 2.19. The lowest BCUT2D eigenvalue weighted by Crippen LogP contribution is -2.37. The van der Waals surface area contributed by atoms with E-state index in [1.54, 1.807) is 30.6 Å². The number of aromatic nitrogens is 1. The molecular weight excluding hydrogens is 373 g/mol. The molecule has 2 aromatic rings. The van der Waals surface area contributed by atoms with Crippen molar-refractivity contribution in [2.24, 2.45) is 5.73 Å². The Kier molecular flexibility index (Phi) is 7.29. The molecule has 1 aromatic heterocycles. The van der Waals surface area contributed by atoms with Crippen LogP contribution < -0.4 is 15.8 Å².